The zero-order chi connectivity index (χ0) is 24.7. The highest BCUT2D eigenvalue weighted by atomic mass is 79.9. The molecule has 5 nitrogen and oxygen atoms in total. The van der Waals surface area contributed by atoms with Crippen molar-refractivity contribution in [2.24, 2.45) is 0 Å². The number of nitrogens with one attached hydrogen (secondary N) is 1. The fraction of sp³-hybridized carbons (Fsp3) is 0.185. The van der Waals surface area contributed by atoms with E-state index in [4.69, 9.17) is 9.47 Å². The van der Waals surface area contributed by atoms with Crippen LogP contribution in [0.25, 0.3) is 6.08 Å². The second-order valence-corrected chi connectivity index (χ2v) is 8.39. The van der Waals surface area contributed by atoms with Gasteiger partial charge in [-0.05, 0) is 79.4 Å². The Morgan fingerprint density at radius 3 is 2.50 bits per heavy atom. The summed E-state index contributed by atoms with van der Waals surface area (Å²) >= 11 is 3.49. The van der Waals surface area contributed by atoms with Crippen molar-refractivity contribution >= 4 is 33.6 Å². The molecule has 34 heavy (non-hydrogen) atoms. The van der Waals surface area contributed by atoms with Gasteiger partial charge in [-0.2, -0.15) is 5.26 Å². The van der Waals surface area contributed by atoms with E-state index >= 15 is 0 Å². The van der Waals surface area contributed by atoms with E-state index in [0.29, 0.717) is 33.8 Å². The molecule has 3 aromatic carbocycles. The van der Waals surface area contributed by atoms with Gasteiger partial charge < -0.3 is 14.8 Å². The van der Waals surface area contributed by atoms with Gasteiger partial charge >= 0.3 is 0 Å². The molecule has 0 heterocycles. The predicted molar refractivity (Wildman–Crippen MR) is 134 cm³/mol. The number of ether oxygens (including phenoxy) is 2. The van der Waals surface area contributed by atoms with Crippen LogP contribution in [0.5, 0.6) is 11.5 Å². The fourth-order valence-corrected chi connectivity index (χ4v) is 3.60. The molecule has 0 aromatic heterocycles. The lowest BCUT2D eigenvalue weighted by molar-refractivity contribution is -0.112. The topological polar surface area (TPSA) is 71.3 Å². The maximum Gasteiger partial charge on any atom is 0.266 e. The molecule has 0 saturated heterocycles. The zero-order valence-corrected chi connectivity index (χ0v) is 20.7. The third-order valence-electron chi connectivity index (χ3n) is 5.19. The lowest BCUT2D eigenvalue weighted by Gasteiger charge is -2.14. The minimum atomic E-state index is -0.502. The number of rotatable bonds is 8. The fourth-order valence-electron chi connectivity index (χ4n) is 3.16. The molecule has 0 atom stereocenters. The summed E-state index contributed by atoms with van der Waals surface area (Å²) in [5, 5.41) is 12.4. The van der Waals surface area contributed by atoms with Crippen LogP contribution in [-0.4, -0.2) is 12.5 Å². The number of anilines is 1. The molecular weight excluding hydrogens is 499 g/mol. The Morgan fingerprint density at radius 2 is 1.82 bits per heavy atom. The van der Waals surface area contributed by atoms with Crippen LogP contribution in [0.3, 0.4) is 0 Å². The number of nitrogens with zero attached hydrogens (tertiary/aromatic N) is 1. The molecule has 0 aliphatic carbocycles. The van der Waals surface area contributed by atoms with E-state index < -0.39 is 5.91 Å². The van der Waals surface area contributed by atoms with Crippen LogP contribution in [0.4, 0.5) is 10.1 Å². The van der Waals surface area contributed by atoms with Crippen LogP contribution in [0.15, 0.2) is 64.6 Å². The van der Waals surface area contributed by atoms with Gasteiger partial charge in [-0.1, -0.05) is 40.2 Å². The second kappa shape index (κ2) is 11.5. The molecule has 3 rings (SSSR count). The third-order valence-corrected chi connectivity index (χ3v) is 5.87. The van der Waals surface area contributed by atoms with Gasteiger partial charge in [0, 0.05) is 10.2 Å². The number of amides is 1. The summed E-state index contributed by atoms with van der Waals surface area (Å²) in [5.41, 5.74) is 3.98. The van der Waals surface area contributed by atoms with Crippen molar-refractivity contribution in [2.45, 2.75) is 27.4 Å². The standard InChI is InChI=1S/C27H24BrFN2O3/c1-4-33-25-13-20(23(28)14-26(25)34-16-19-8-10-22(29)11-9-19)12-21(15-30)27(32)31-24-7-5-6-17(2)18(24)3/h5-14H,4,16H2,1-3H3,(H,31,32)/b21-12+. The molecule has 0 bridgehead atoms. The number of hydrogen-bond donors (Lipinski definition) is 1. The average Bonchev–Trinajstić information content (AvgIpc) is 2.82. The summed E-state index contributed by atoms with van der Waals surface area (Å²) in [5.74, 6) is 0.130. The monoisotopic (exact) mass is 522 g/mol. The molecule has 1 amide bonds. The average molecular weight is 523 g/mol. The molecule has 0 aliphatic rings. The molecule has 1 N–H and O–H groups in total. The van der Waals surface area contributed by atoms with E-state index in [9.17, 15) is 14.4 Å². The first-order valence-corrected chi connectivity index (χ1v) is 11.4. The van der Waals surface area contributed by atoms with Gasteiger partial charge in [0.05, 0.1) is 6.61 Å². The van der Waals surface area contributed by atoms with E-state index in [2.05, 4.69) is 21.2 Å². The van der Waals surface area contributed by atoms with Gasteiger partial charge in [0.1, 0.15) is 24.1 Å². The summed E-state index contributed by atoms with van der Waals surface area (Å²) in [6.07, 6.45) is 1.50. The Bertz CT molecular complexity index is 1260. The Balaban J connectivity index is 1.86. The van der Waals surface area contributed by atoms with Crippen LogP contribution < -0.4 is 14.8 Å². The highest BCUT2D eigenvalue weighted by Gasteiger charge is 2.15. The molecular formula is C27H24BrFN2O3. The van der Waals surface area contributed by atoms with Crippen molar-refractivity contribution in [2.75, 3.05) is 11.9 Å². The first-order valence-electron chi connectivity index (χ1n) is 10.6. The Kier molecular flexibility index (Phi) is 8.44. The number of halogens is 2. The normalized spacial score (nSPS) is 11.0. The van der Waals surface area contributed by atoms with Gasteiger partial charge in [0.2, 0.25) is 0 Å². The first kappa shape index (κ1) is 25.0. The van der Waals surface area contributed by atoms with Gasteiger partial charge in [-0.15, -0.1) is 0 Å². The van der Waals surface area contributed by atoms with E-state index in [1.54, 1.807) is 30.3 Å². The van der Waals surface area contributed by atoms with Crippen molar-refractivity contribution < 1.29 is 18.7 Å². The maximum atomic E-state index is 13.1. The number of nitriles is 1. The first-order chi connectivity index (χ1) is 16.3. The largest absolute Gasteiger partial charge is 0.490 e. The van der Waals surface area contributed by atoms with Crippen LogP contribution in [0.1, 0.15) is 29.2 Å². The van der Waals surface area contributed by atoms with Crippen LogP contribution in [0.2, 0.25) is 0 Å². The van der Waals surface area contributed by atoms with E-state index in [1.807, 2.05) is 39.0 Å². The zero-order valence-electron chi connectivity index (χ0n) is 19.1. The number of aryl methyl sites for hydroxylation is 1. The van der Waals surface area contributed by atoms with Gasteiger partial charge in [-0.3, -0.25) is 4.79 Å². The summed E-state index contributed by atoms with van der Waals surface area (Å²) in [7, 11) is 0. The Morgan fingerprint density at radius 1 is 1.12 bits per heavy atom. The summed E-state index contributed by atoms with van der Waals surface area (Å²) in [6, 6.07) is 17.0. The summed E-state index contributed by atoms with van der Waals surface area (Å²) < 4.78 is 25.4. The van der Waals surface area contributed by atoms with Gasteiger partial charge in [0.25, 0.3) is 5.91 Å². The molecule has 3 aromatic rings. The predicted octanol–water partition coefficient (Wildman–Crippen LogP) is 6.73. The van der Waals surface area contributed by atoms with Crippen molar-refractivity contribution in [3.63, 3.8) is 0 Å². The second-order valence-electron chi connectivity index (χ2n) is 7.54. The van der Waals surface area contributed by atoms with Crippen LogP contribution in [-0.2, 0) is 11.4 Å². The molecule has 0 spiro atoms. The number of carbonyl (C=O) groups is 1. The lowest BCUT2D eigenvalue weighted by atomic mass is 10.1. The summed E-state index contributed by atoms with van der Waals surface area (Å²) in [6.45, 7) is 6.34. The SMILES string of the molecule is CCOc1cc(/C=C(\C#N)C(=O)Nc2cccc(C)c2C)c(Br)cc1OCc1ccc(F)cc1. The van der Waals surface area contributed by atoms with E-state index in [1.165, 1.54) is 18.2 Å². The smallest absolute Gasteiger partial charge is 0.266 e. The molecule has 0 unspecified atom stereocenters. The molecule has 0 radical (unpaired) electrons. The molecule has 7 heteroatoms. The highest BCUT2D eigenvalue weighted by Crippen LogP contribution is 2.35. The minimum Gasteiger partial charge on any atom is -0.490 e. The Labute approximate surface area is 207 Å². The molecule has 174 valence electrons. The third kappa shape index (κ3) is 6.24. The van der Waals surface area contributed by atoms with Crippen molar-refractivity contribution in [3.05, 3.63) is 92.7 Å². The number of hydrogen-bond acceptors (Lipinski definition) is 4. The van der Waals surface area contributed by atoms with Crippen LogP contribution in [0, 0.1) is 31.0 Å². The number of benzene rings is 3. The van der Waals surface area contributed by atoms with Gasteiger partial charge in [0.15, 0.2) is 11.5 Å². The van der Waals surface area contributed by atoms with Crippen molar-refractivity contribution in [1.82, 2.24) is 0 Å². The van der Waals surface area contributed by atoms with Gasteiger partial charge in [-0.25, -0.2) is 4.39 Å². The highest BCUT2D eigenvalue weighted by molar-refractivity contribution is 9.10. The van der Waals surface area contributed by atoms with Crippen molar-refractivity contribution in [3.8, 4) is 17.6 Å². The quantitative estimate of drug-likeness (QED) is 0.263. The maximum absolute atomic E-state index is 13.1. The van der Waals surface area contributed by atoms with Crippen LogP contribution >= 0.6 is 15.9 Å². The number of carbonyl (C=O) groups excluding carboxylic acids is 1. The summed E-state index contributed by atoms with van der Waals surface area (Å²) in [4.78, 5) is 12.8. The lowest BCUT2D eigenvalue weighted by Crippen LogP contribution is -2.14. The molecule has 0 saturated carbocycles. The van der Waals surface area contributed by atoms with E-state index in [0.717, 1.165) is 16.7 Å². The van der Waals surface area contributed by atoms with E-state index in [-0.39, 0.29) is 18.0 Å². The molecule has 0 fully saturated rings. The molecule has 0 aliphatic heterocycles. The Hall–Kier alpha value is -3.63. The minimum absolute atomic E-state index is 0.0518. The van der Waals surface area contributed by atoms with Crippen molar-refractivity contribution in [1.29, 1.82) is 5.26 Å².